The molecule has 0 atom stereocenters. The quantitative estimate of drug-likeness (QED) is 0.809. The fourth-order valence-corrected chi connectivity index (χ4v) is 2.59. The summed E-state index contributed by atoms with van der Waals surface area (Å²) < 4.78 is 4.64. The first-order chi connectivity index (χ1) is 12.5. The van der Waals surface area contributed by atoms with Crippen LogP contribution in [0.1, 0.15) is 29.8 Å². The van der Waals surface area contributed by atoms with Crippen LogP contribution < -0.4 is 10.2 Å². The van der Waals surface area contributed by atoms with Gasteiger partial charge in [0, 0.05) is 18.3 Å². The van der Waals surface area contributed by atoms with Gasteiger partial charge in [0.1, 0.15) is 6.54 Å². The first-order valence-electron chi connectivity index (χ1n) is 8.30. The van der Waals surface area contributed by atoms with Gasteiger partial charge in [-0.2, -0.15) is 0 Å². The predicted octanol–water partition coefficient (Wildman–Crippen LogP) is 3.03. The summed E-state index contributed by atoms with van der Waals surface area (Å²) in [7, 11) is 1.31. The molecular weight excluding hydrogens is 332 g/mol. The summed E-state index contributed by atoms with van der Waals surface area (Å²) in [6, 6.07) is 13.9. The van der Waals surface area contributed by atoms with Crippen LogP contribution in [0.3, 0.4) is 0 Å². The number of methoxy groups -OCH3 is 1. The third-order valence-electron chi connectivity index (χ3n) is 3.93. The van der Waals surface area contributed by atoms with Gasteiger partial charge in [0.05, 0.1) is 12.7 Å². The molecule has 136 valence electrons. The highest BCUT2D eigenvalue weighted by molar-refractivity contribution is 6.02. The molecule has 2 aromatic carbocycles. The Balaban J connectivity index is 2.11. The number of esters is 1. The maximum atomic E-state index is 12.4. The van der Waals surface area contributed by atoms with Crippen LogP contribution in [0, 0.1) is 0 Å². The second kappa shape index (κ2) is 8.80. The topological polar surface area (TPSA) is 75.7 Å². The molecule has 0 saturated heterocycles. The van der Waals surface area contributed by atoms with E-state index in [0.717, 1.165) is 17.7 Å². The van der Waals surface area contributed by atoms with Crippen LogP contribution in [0.25, 0.3) is 0 Å². The molecule has 0 aromatic heterocycles. The maximum Gasteiger partial charge on any atom is 0.337 e. The number of amides is 2. The van der Waals surface area contributed by atoms with E-state index >= 15 is 0 Å². The van der Waals surface area contributed by atoms with Crippen molar-refractivity contribution >= 4 is 29.2 Å². The Morgan fingerprint density at radius 2 is 1.69 bits per heavy atom. The van der Waals surface area contributed by atoms with Crippen molar-refractivity contribution < 1.29 is 19.1 Å². The predicted molar refractivity (Wildman–Crippen MR) is 100 cm³/mol. The van der Waals surface area contributed by atoms with Crippen LogP contribution in [-0.4, -0.2) is 31.4 Å². The summed E-state index contributed by atoms with van der Waals surface area (Å²) in [4.78, 5) is 37.3. The number of carbonyl (C=O) groups excluding carboxylic acids is 3. The Kier molecular flexibility index (Phi) is 6.49. The molecule has 0 aliphatic carbocycles. The molecule has 6 heteroatoms. The lowest BCUT2D eigenvalue weighted by Gasteiger charge is -2.23. The van der Waals surface area contributed by atoms with Gasteiger partial charge in [0.25, 0.3) is 0 Å². The van der Waals surface area contributed by atoms with E-state index in [0.29, 0.717) is 11.3 Å². The van der Waals surface area contributed by atoms with Gasteiger partial charge in [-0.3, -0.25) is 9.59 Å². The second-order valence-electron chi connectivity index (χ2n) is 5.70. The molecule has 0 heterocycles. The summed E-state index contributed by atoms with van der Waals surface area (Å²) in [6.07, 6.45) is 0.760. The van der Waals surface area contributed by atoms with E-state index in [1.54, 1.807) is 24.3 Å². The largest absolute Gasteiger partial charge is 0.465 e. The number of aryl methyl sites for hydroxylation is 1. The normalized spacial score (nSPS) is 10.1. The van der Waals surface area contributed by atoms with Crippen LogP contribution in [0.2, 0.25) is 0 Å². The van der Waals surface area contributed by atoms with Gasteiger partial charge in [-0.1, -0.05) is 25.1 Å². The molecule has 26 heavy (non-hydrogen) atoms. The van der Waals surface area contributed by atoms with Gasteiger partial charge in [-0.05, 0) is 42.3 Å². The number of hydrogen-bond donors (Lipinski definition) is 1. The molecule has 2 aromatic rings. The number of nitrogens with one attached hydrogen (secondary N) is 1. The zero-order valence-electron chi connectivity index (χ0n) is 15.1. The van der Waals surface area contributed by atoms with Crippen LogP contribution in [0.15, 0.2) is 48.5 Å². The Bertz CT molecular complexity index is 800. The highest BCUT2D eigenvalue weighted by atomic mass is 16.5. The molecule has 0 saturated carbocycles. The Morgan fingerprint density at radius 1 is 1.04 bits per heavy atom. The molecule has 1 N–H and O–H groups in total. The Morgan fingerprint density at radius 3 is 2.27 bits per heavy atom. The SMILES string of the molecule is CCc1ccccc1N(CC(=O)Nc1ccc(C(=O)OC)cc1)C(C)=O. The molecule has 2 rings (SSSR count). The second-order valence-corrected chi connectivity index (χ2v) is 5.70. The minimum atomic E-state index is -0.443. The van der Waals surface area contributed by atoms with E-state index in [1.165, 1.54) is 18.9 Å². The van der Waals surface area contributed by atoms with Crippen LogP contribution >= 0.6 is 0 Å². The number of hydrogen-bond acceptors (Lipinski definition) is 4. The van der Waals surface area contributed by atoms with Crippen molar-refractivity contribution in [3.05, 3.63) is 59.7 Å². The number of para-hydroxylation sites is 1. The van der Waals surface area contributed by atoms with E-state index in [9.17, 15) is 14.4 Å². The van der Waals surface area contributed by atoms with Crippen molar-refractivity contribution in [1.82, 2.24) is 0 Å². The van der Waals surface area contributed by atoms with Crippen LogP contribution in [0.5, 0.6) is 0 Å². The summed E-state index contributed by atoms with van der Waals surface area (Å²) in [5.74, 6) is -0.971. The lowest BCUT2D eigenvalue weighted by molar-refractivity contribution is -0.120. The number of ether oxygens (including phenoxy) is 1. The first kappa shape index (κ1) is 19.2. The molecule has 0 radical (unpaired) electrons. The van der Waals surface area contributed by atoms with Gasteiger partial charge in [0.2, 0.25) is 11.8 Å². The third kappa shape index (κ3) is 4.69. The smallest absolute Gasteiger partial charge is 0.337 e. The minimum absolute atomic E-state index is 0.0922. The van der Waals surface area contributed by atoms with Gasteiger partial charge >= 0.3 is 5.97 Å². The molecule has 0 spiro atoms. The van der Waals surface area contributed by atoms with Crippen molar-refractivity contribution in [3.8, 4) is 0 Å². The van der Waals surface area contributed by atoms with Crippen molar-refractivity contribution in [1.29, 1.82) is 0 Å². The Hall–Kier alpha value is -3.15. The number of nitrogens with zero attached hydrogens (tertiary/aromatic N) is 1. The molecular formula is C20H22N2O4. The van der Waals surface area contributed by atoms with Crippen LogP contribution in [0.4, 0.5) is 11.4 Å². The number of anilines is 2. The standard InChI is InChI=1S/C20H22N2O4/c1-4-15-7-5-6-8-18(15)22(14(2)23)13-19(24)21-17-11-9-16(10-12-17)20(25)26-3/h5-12H,4,13H2,1-3H3,(H,21,24). The van der Waals surface area contributed by atoms with Gasteiger partial charge in [0.15, 0.2) is 0 Å². The van der Waals surface area contributed by atoms with Gasteiger partial charge in [-0.15, -0.1) is 0 Å². The van der Waals surface area contributed by atoms with E-state index in [2.05, 4.69) is 10.1 Å². The highest BCUT2D eigenvalue weighted by Crippen LogP contribution is 2.21. The maximum absolute atomic E-state index is 12.4. The van der Waals surface area contributed by atoms with Crippen LogP contribution in [-0.2, 0) is 20.7 Å². The minimum Gasteiger partial charge on any atom is -0.465 e. The molecule has 0 fully saturated rings. The van der Waals surface area contributed by atoms with Gasteiger partial charge in [-0.25, -0.2) is 4.79 Å². The number of benzene rings is 2. The lowest BCUT2D eigenvalue weighted by atomic mass is 10.1. The molecule has 6 nitrogen and oxygen atoms in total. The fraction of sp³-hybridized carbons (Fsp3) is 0.250. The number of carbonyl (C=O) groups is 3. The van der Waals surface area contributed by atoms with Crippen molar-refractivity contribution in [3.63, 3.8) is 0 Å². The molecule has 0 unspecified atom stereocenters. The van der Waals surface area contributed by atoms with E-state index < -0.39 is 5.97 Å². The highest BCUT2D eigenvalue weighted by Gasteiger charge is 2.18. The average molecular weight is 354 g/mol. The Labute approximate surface area is 152 Å². The summed E-state index contributed by atoms with van der Waals surface area (Å²) in [5, 5.41) is 2.73. The summed E-state index contributed by atoms with van der Waals surface area (Å²) >= 11 is 0. The van der Waals surface area contributed by atoms with E-state index in [1.807, 2.05) is 31.2 Å². The molecule has 0 aliphatic heterocycles. The van der Waals surface area contributed by atoms with E-state index in [4.69, 9.17) is 0 Å². The monoisotopic (exact) mass is 354 g/mol. The van der Waals surface area contributed by atoms with Crippen molar-refractivity contribution in [2.75, 3.05) is 23.9 Å². The molecule has 0 bridgehead atoms. The third-order valence-corrected chi connectivity index (χ3v) is 3.93. The average Bonchev–Trinajstić information content (AvgIpc) is 2.65. The zero-order chi connectivity index (χ0) is 19.1. The lowest BCUT2D eigenvalue weighted by Crippen LogP contribution is -2.37. The van der Waals surface area contributed by atoms with E-state index in [-0.39, 0.29) is 18.4 Å². The summed E-state index contributed by atoms with van der Waals surface area (Å²) in [6.45, 7) is 3.34. The van der Waals surface area contributed by atoms with Crippen molar-refractivity contribution in [2.24, 2.45) is 0 Å². The summed E-state index contributed by atoms with van der Waals surface area (Å²) in [5.41, 5.74) is 2.67. The molecule has 0 aliphatic rings. The van der Waals surface area contributed by atoms with Gasteiger partial charge < -0.3 is 15.0 Å². The zero-order valence-corrected chi connectivity index (χ0v) is 15.1. The first-order valence-corrected chi connectivity index (χ1v) is 8.30. The fourth-order valence-electron chi connectivity index (χ4n) is 2.59. The number of rotatable bonds is 6. The molecule has 2 amide bonds. The van der Waals surface area contributed by atoms with Crippen molar-refractivity contribution in [2.45, 2.75) is 20.3 Å².